The summed E-state index contributed by atoms with van der Waals surface area (Å²) >= 11 is 1.29. The molecule has 0 bridgehead atoms. The number of hydrogen-bond acceptors (Lipinski definition) is 3. The molecule has 0 spiro atoms. The van der Waals surface area contributed by atoms with Gasteiger partial charge in [0.1, 0.15) is 0 Å². The third-order valence-corrected chi connectivity index (χ3v) is 3.28. The smallest absolute Gasteiger partial charge is 0.266 e. The summed E-state index contributed by atoms with van der Waals surface area (Å²) in [5, 5.41) is 5.63. The van der Waals surface area contributed by atoms with Crippen LogP contribution in [0.25, 0.3) is 0 Å². The minimum Gasteiger partial charge on any atom is -0.266 e. The van der Waals surface area contributed by atoms with Crippen molar-refractivity contribution in [3.8, 4) is 0 Å². The number of nitrogens with one attached hydrogen (secondary N) is 1. The second-order valence-electron chi connectivity index (χ2n) is 3.74. The molecule has 0 aliphatic carbocycles. The van der Waals surface area contributed by atoms with Crippen molar-refractivity contribution in [2.75, 3.05) is 0 Å². The molecule has 0 aliphatic heterocycles. The second kappa shape index (κ2) is 5.71. The molecule has 0 aliphatic rings. The lowest BCUT2D eigenvalue weighted by Gasteiger charge is -2.02. The number of carbonyl (C=O) groups excluding carboxylic acids is 1. The van der Waals surface area contributed by atoms with Crippen LogP contribution in [-0.2, 0) is 0 Å². The summed E-state index contributed by atoms with van der Waals surface area (Å²) in [5.74, 6) is -2.20. The largest absolute Gasteiger partial charge is 0.281 e. The highest BCUT2D eigenvalue weighted by molar-refractivity contribution is 7.12. The van der Waals surface area contributed by atoms with Gasteiger partial charge < -0.3 is 0 Å². The first-order chi connectivity index (χ1) is 9.08. The van der Waals surface area contributed by atoms with Crippen molar-refractivity contribution < 1.29 is 13.6 Å². The summed E-state index contributed by atoms with van der Waals surface area (Å²) in [4.78, 5) is 12.2. The van der Waals surface area contributed by atoms with Crippen molar-refractivity contribution in [2.24, 2.45) is 5.10 Å². The Morgan fingerprint density at radius 2 is 2.05 bits per heavy atom. The van der Waals surface area contributed by atoms with Crippen LogP contribution in [0, 0.1) is 11.6 Å². The Bertz CT molecular complexity index is 624. The zero-order chi connectivity index (χ0) is 13.8. The van der Waals surface area contributed by atoms with Gasteiger partial charge >= 0.3 is 0 Å². The third kappa shape index (κ3) is 3.23. The van der Waals surface area contributed by atoms with E-state index in [0.29, 0.717) is 16.2 Å². The molecule has 0 unspecified atom stereocenters. The number of benzene rings is 1. The number of nitrogens with zero attached hydrogens (tertiary/aromatic N) is 1. The van der Waals surface area contributed by atoms with Crippen molar-refractivity contribution in [3.63, 3.8) is 0 Å². The predicted molar refractivity (Wildman–Crippen MR) is 70.4 cm³/mol. The molecule has 2 rings (SSSR count). The molecule has 1 amide bonds. The zero-order valence-electron chi connectivity index (χ0n) is 9.98. The standard InChI is InChI=1S/C13H10F2N2OS/c1-8(9-4-5-10(14)11(15)7-9)16-17-13(18)12-3-2-6-19-12/h2-7H,1H3,(H,17,18)/b16-8-. The number of amides is 1. The molecule has 19 heavy (non-hydrogen) atoms. The molecular weight excluding hydrogens is 270 g/mol. The van der Waals surface area contributed by atoms with E-state index in [9.17, 15) is 13.6 Å². The topological polar surface area (TPSA) is 41.5 Å². The first kappa shape index (κ1) is 13.4. The highest BCUT2D eigenvalue weighted by atomic mass is 32.1. The van der Waals surface area contributed by atoms with Gasteiger partial charge in [0.05, 0.1) is 10.6 Å². The Morgan fingerprint density at radius 1 is 1.26 bits per heavy atom. The normalized spacial score (nSPS) is 11.4. The molecule has 0 radical (unpaired) electrons. The van der Waals surface area contributed by atoms with Gasteiger partial charge in [0, 0.05) is 5.56 Å². The molecule has 1 heterocycles. The highest BCUT2D eigenvalue weighted by Gasteiger charge is 2.07. The van der Waals surface area contributed by atoms with Gasteiger partial charge in [-0.1, -0.05) is 6.07 Å². The van der Waals surface area contributed by atoms with E-state index in [1.54, 1.807) is 24.4 Å². The summed E-state index contributed by atoms with van der Waals surface area (Å²) in [6.45, 7) is 1.60. The van der Waals surface area contributed by atoms with Gasteiger partial charge in [-0.15, -0.1) is 11.3 Å². The molecule has 0 fully saturated rings. The predicted octanol–water partition coefficient (Wildman–Crippen LogP) is 3.18. The summed E-state index contributed by atoms with van der Waals surface area (Å²) < 4.78 is 25.8. The van der Waals surface area contributed by atoms with Crippen molar-refractivity contribution in [3.05, 3.63) is 57.8 Å². The van der Waals surface area contributed by atoms with E-state index >= 15 is 0 Å². The molecule has 0 atom stereocenters. The number of hydrazone groups is 1. The van der Waals surface area contributed by atoms with Gasteiger partial charge in [-0.3, -0.25) is 4.79 Å². The van der Waals surface area contributed by atoms with Crippen LogP contribution in [0.5, 0.6) is 0 Å². The van der Waals surface area contributed by atoms with Crippen LogP contribution in [0.15, 0.2) is 40.8 Å². The third-order valence-electron chi connectivity index (χ3n) is 2.41. The van der Waals surface area contributed by atoms with Crippen molar-refractivity contribution in [2.45, 2.75) is 6.92 Å². The van der Waals surface area contributed by atoms with E-state index < -0.39 is 11.6 Å². The van der Waals surface area contributed by atoms with E-state index in [4.69, 9.17) is 0 Å². The maximum Gasteiger partial charge on any atom is 0.281 e. The van der Waals surface area contributed by atoms with E-state index in [1.807, 2.05) is 0 Å². The molecular formula is C13H10F2N2OS. The fourth-order valence-corrected chi connectivity index (χ4v) is 2.00. The van der Waals surface area contributed by atoms with Crippen LogP contribution >= 0.6 is 11.3 Å². The van der Waals surface area contributed by atoms with E-state index in [2.05, 4.69) is 10.5 Å². The summed E-state index contributed by atoms with van der Waals surface area (Å²) in [6.07, 6.45) is 0. The Morgan fingerprint density at radius 3 is 2.68 bits per heavy atom. The van der Waals surface area contributed by atoms with Gasteiger partial charge in [-0.25, -0.2) is 14.2 Å². The zero-order valence-corrected chi connectivity index (χ0v) is 10.8. The average molecular weight is 280 g/mol. The molecule has 0 saturated heterocycles. The molecule has 3 nitrogen and oxygen atoms in total. The first-order valence-corrected chi connectivity index (χ1v) is 6.29. The van der Waals surface area contributed by atoms with E-state index in [-0.39, 0.29) is 5.91 Å². The Hall–Kier alpha value is -2.08. The molecule has 1 N–H and O–H groups in total. The molecule has 1 aromatic heterocycles. The summed E-state index contributed by atoms with van der Waals surface area (Å²) in [7, 11) is 0. The van der Waals surface area contributed by atoms with Gasteiger partial charge in [0.25, 0.3) is 5.91 Å². The van der Waals surface area contributed by atoms with Crippen LogP contribution in [-0.4, -0.2) is 11.6 Å². The fraction of sp³-hybridized carbons (Fsp3) is 0.0769. The Labute approximate surface area is 112 Å². The number of hydrogen-bond donors (Lipinski definition) is 1. The lowest BCUT2D eigenvalue weighted by Crippen LogP contribution is -2.18. The van der Waals surface area contributed by atoms with Crippen LogP contribution < -0.4 is 5.43 Å². The number of halogens is 2. The summed E-state index contributed by atoms with van der Waals surface area (Å²) in [6, 6.07) is 6.87. The minimum absolute atomic E-state index is 0.336. The van der Waals surface area contributed by atoms with E-state index in [0.717, 1.165) is 12.1 Å². The van der Waals surface area contributed by atoms with Crippen LogP contribution in [0.4, 0.5) is 8.78 Å². The van der Waals surface area contributed by atoms with Gasteiger partial charge in [0.15, 0.2) is 11.6 Å². The lowest BCUT2D eigenvalue weighted by atomic mass is 10.1. The molecule has 2 aromatic rings. The van der Waals surface area contributed by atoms with E-state index in [1.165, 1.54) is 17.4 Å². The molecule has 98 valence electrons. The van der Waals surface area contributed by atoms with Crippen LogP contribution in [0.1, 0.15) is 22.2 Å². The second-order valence-corrected chi connectivity index (χ2v) is 4.69. The number of rotatable bonds is 3. The van der Waals surface area contributed by atoms with Crippen molar-refractivity contribution in [1.82, 2.24) is 5.43 Å². The summed E-state index contributed by atoms with van der Waals surface area (Å²) in [5.41, 5.74) is 3.16. The number of carbonyl (C=O) groups is 1. The van der Waals surface area contributed by atoms with Gasteiger partial charge in [-0.2, -0.15) is 5.10 Å². The van der Waals surface area contributed by atoms with Crippen LogP contribution in [0.3, 0.4) is 0 Å². The first-order valence-electron chi connectivity index (χ1n) is 5.41. The Balaban J connectivity index is 2.10. The molecule has 1 aromatic carbocycles. The maximum atomic E-state index is 13.0. The monoisotopic (exact) mass is 280 g/mol. The highest BCUT2D eigenvalue weighted by Crippen LogP contribution is 2.10. The molecule has 6 heteroatoms. The fourth-order valence-electron chi connectivity index (χ4n) is 1.38. The SMILES string of the molecule is C/C(=N/NC(=O)c1cccs1)c1ccc(F)c(F)c1. The van der Waals surface area contributed by atoms with Crippen molar-refractivity contribution >= 4 is 23.0 Å². The average Bonchev–Trinajstić information content (AvgIpc) is 2.92. The van der Waals surface area contributed by atoms with Gasteiger partial charge in [0.2, 0.25) is 0 Å². The van der Waals surface area contributed by atoms with Crippen molar-refractivity contribution in [1.29, 1.82) is 0 Å². The van der Waals surface area contributed by atoms with Crippen LogP contribution in [0.2, 0.25) is 0 Å². The Kier molecular flexibility index (Phi) is 4.01. The quantitative estimate of drug-likeness (QED) is 0.681. The number of thiophene rings is 1. The minimum atomic E-state index is -0.948. The molecule has 0 saturated carbocycles. The lowest BCUT2D eigenvalue weighted by molar-refractivity contribution is 0.0959. The van der Waals surface area contributed by atoms with Gasteiger partial charge in [-0.05, 0) is 36.6 Å². The maximum absolute atomic E-state index is 13.0.